The van der Waals surface area contributed by atoms with Gasteiger partial charge in [0.15, 0.2) is 0 Å². The van der Waals surface area contributed by atoms with E-state index >= 15 is 0 Å². The van der Waals surface area contributed by atoms with Crippen LogP contribution >= 0.6 is 21.5 Å². The van der Waals surface area contributed by atoms with Crippen molar-refractivity contribution >= 4 is 21.5 Å². The minimum absolute atomic E-state index is 0. The molecule has 0 rings (SSSR count). The van der Waals surface area contributed by atoms with Crippen LogP contribution in [-0.2, 0) is 20.4 Å². The summed E-state index contributed by atoms with van der Waals surface area (Å²) in [7, 11) is 0. The summed E-state index contributed by atoms with van der Waals surface area (Å²) < 4.78 is 0. The molecule has 0 amide bonds. The van der Waals surface area contributed by atoms with Gasteiger partial charge in [0.25, 0.3) is 0 Å². The number of hydrogen-bond acceptors (Lipinski definition) is 0. The Bertz CT molecular complexity index is 8.00. The molecule has 1 atom stereocenters. The molecule has 0 heterocycles. The van der Waals surface area contributed by atoms with E-state index in [2.05, 4.69) is 18.0 Å². The van der Waals surface area contributed by atoms with E-state index in [1.807, 2.05) is 0 Å². The van der Waals surface area contributed by atoms with E-state index in [4.69, 9.17) is 0 Å². The van der Waals surface area contributed by atoms with Gasteiger partial charge in [-0.15, -0.1) is 0 Å². The van der Waals surface area contributed by atoms with Gasteiger partial charge < -0.3 is 11.6 Å². The Balaban J connectivity index is -0.00000000500. The molecule has 1 unspecified atom stereocenters. The smallest absolute Gasteiger partial charge is 0 e. The molecule has 32 valence electrons. The Kier molecular flexibility index (Phi) is 119. The van der Waals surface area contributed by atoms with Crippen LogP contribution in [0.4, 0.5) is 0 Å². The first kappa shape index (κ1) is 18.2. The van der Waals surface area contributed by atoms with Gasteiger partial charge in [-0.25, -0.2) is 0 Å². The van der Waals surface area contributed by atoms with E-state index in [1.54, 1.807) is 0 Å². The van der Waals surface area contributed by atoms with Crippen LogP contribution in [0.5, 0.6) is 0 Å². The van der Waals surface area contributed by atoms with E-state index in [-0.39, 0.29) is 30.3 Å². The first-order valence-corrected chi connectivity index (χ1v) is 0.802. The van der Waals surface area contributed by atoms with E-state index in [1.165, 1.54) is 0 Å². The number of rotatable bonds is 0. The van der Waals surface area contributed by atoms with Crippen LogP contribution in [0.15, 0.2) is 0 Å². The average Bonchev–Trinajstić information content (AvgIpc) is 1.00. The molecule has 3 heteroatoms. The molecule has 0 fully saturated rings. The van der Waals surface area contributed by atoms with Gasteiger partial charge in [-0.3, -0.25) is 6.38 Å². The molecule has 0 radical (unpaired) electrons. The Hall–Kier alpha value is 1.38. The molecule has 0 saturated heterocycles. The molecule has 0 aromatic heterocycles. The number of hydrogen-bond donors (Lipinski definition) is 0. The molecule has 0 aromatic rings. The summed E-state index contributed by atoms with van der Waals surface area (Å²) in [6, 6.07) is 0. The summed E-state index contributed by atoms with van der Waals surface area (Å²) >= 11 is 4.39. The van der Waals surface area contributed by atoms with Crippen molar-refractivity contribution in [3.63, 3.8) is 0 Å². The summed E-state index contributed by atoms with van der Waals surface area (Å²) in [5.74, 6) is 0. The first-order chi connectivity index (χ1) is 1.00. The maximum atomic E-state index is 4.39. The fourth-order valence-corrected chi connectivity index (χ4v) is 0. The summed E-state index contributed by atoms with van der Waals surface area (Å²) in [6.07, 6.45) is 2.72. The van der Waals surface area contributed by atoms with Gasteiger partial charge >= 0.3 is 0 Å². The molecule has 0 bridgehead atoms. The zero-order valence-electron chi connectivity index (χ0n) is 2.11. The molecule has 0 aliphatic carbocycles. The molecule has 0 N–H and O–H groups in total. The fourth-order valence-electron chi connectivity index (χ4n) is 0. The molecule has 4 heavy (non-hydrogen) atoms. The minimum atomic E-state index is 0. The van der Waals surface area contributed by atoms with Gasteiger partial charge in [0.1, 0.15) is 0 Å². The molecular weight excluding hydrogens is 185 g/mol. The second-order valence-corrected chi connectivity index (χ2v) is 0. The van der Waals surface area contributed by atoms with Crippen molar-refractivity contribution in [1.82, 2.24) is 0 Å². The van der Waals surface area contributed by atoms with Crippen molar-refractivity contribution in [3.8, 4) is 0 Å². The zero-order valence-corrected chi connectivity index (χ0v) is 5.83. The second kappa shape index (κ2) is 26.2. The van der Waals surface area contributed by atoms with E-state index in [0.29, 0.717) is 0 Å². The van der Waals surface area contributed by atoms with Crippen LogP contribution in [0, 0.1) is 6.38 Å². The van der Waals surface area contributed by atoms with Crippen LogP contribution in [0.3, 0.4) is 0 Å². The van der Waals surface area contributed by atoms with Crippen molar-refractivity contribution in [1.29, 1.82) is 0 Å². The third-order valence-electron chi connectivity index (χ3n) is 0. The minimum Gasteiger partial charge on any atom is -0.352 e. The van der Waals surface area contributed by atoms with Crippen molar-refractivity contribution in [3.05, 3.63) is 6.38 Å². The van der Waals surface area contributed by atoms with E-state index < -0.39 is 0 Å². The topological polar surface area (TPSA) is 0 Å². The Morgan fingerprint density at radius 3 is 1.25 bits per heavy atom. The third-order valence-corrected chi connectivity index (χ3v) is 0. The van der Waals surface area contributed by atoms with Gasteiger partial charge in [0, 0.05) is 20.4 Å². The molecule has 0 spiro atoms. The molecule has 0 aliphatic heterocycles. The fraction of sp³-hybridized carbons (Fsp3) is 0. The second-order valence-electron chi connectivity index (χ2n) is 0. The van der Waals surface area contributed by atoms with E-state index in [0.717, 1.165) is 0 Å². The van der Waals surface area contributed by atoms with Gasteiger partial charge in [-0.1, -0.05) is 0 Å². The van der Waals surface area contributed by atoms with Crippen molar-refractivity contribution in [2.75, 3.05) is 0 Å². The molecule has 0 saturated carbocycles. The maximum absolute atomic E-state index is 4.39. The predicted molar refractivity (Wildman–Crippen MR) is 22.3 cm³/mol. The van der Waals surface area contributed by atoms with Gasteiger partial charge in [-0.2, -0.15) is 9.90 Å². The zero-order chi connectivity index (χ0) is 2.00. The summed E-state index contributed by atoms with van der Waals surface area (Å²) in [5, 5.41) is 0. The molecule has 0 aliphatic rings. The summed E-state index contributed by atoms with van der Waals surface area (Å²) in [5.41, 5.74) is 0. The first-order valence-electron chi connectivity index (χ1n) is 0.267. The Morgan fingerprint density at radius 2 is 1.25 bits per heavy atom. The Morgan fingerprint density at radius 1 is 1.25 bits per heavy atom. The van der Waals surface area contributed by atoms with Crippen molar-refractivity contribution < 1.29 is 20.4 Å². The number of halogens is 1. The van der Waals surface area contributed by atoms with Crippen molar-refractivity contribution in [2.45, 2.75) is 0 Å². The monoisotopic (exact) mass is 189 g/mol. The van der Waals surface area contributed by atoms with E-state index in [9.17, 15) is 0 Å². The summed E-state index contributed by atoms with van der Waals surface area (Å²) in [6.45, 7) is 0. The quantitative estimate of drug-likeness (QED) is 0.304. The van der Waals surface area contributed by atoms with Gasteiger partial charge in [0.2, 0.25) is 0 Å². The maximum Gasteiger partial charge on any atom is 0 e. The van der Waals surface area contributed by atoms with Crippen LogP contribution in [-0.4, -0.2) is 0 Å². The van der Waals surface area contributed by atoms with Crippen molar-refractivity contribution in [2.24, 2.45) is 0 Å². The van der Waals surface area contributed by atoms with Gasteiger partial charge in [-0.05, 0) is 0 Å². The van der Waals surface area contributed by atoms with Gasteiger partial charge in [0.05, 0.1) is 0 Å². The SMILES string of the molecule is P.[CH2-]Cl.[Pd]. The average molecular weight is 190 g/mol. The molecular formula is CH5ClPPd-. The molecule has 0 nitrogen and oxygen atoms in total. The normalized spacial score (nSPS) is 1.50. The van der Waals surface area contributed by atoms with Crippen LogP contribution < -0.4 is 0 Å². The largest absolute Gasteiger partial charge is 0.352 e. The third kappa shape index (κ3) is 10.0. The van der Waals surface area contributed by atoms with Crippen LogP contribution in [0.2, 0.25) is 0 Å². The standard InChI is InChI=1S/CH2Cl.H3P.Pd/c1-2;;/h1H2;1H3;/q-1;;. The molecule has 0 aromatic carbocycles. The van der Waals surface area contributed by atoms with Crippen LogP contribution in [0.25, 0.3) is 0 Å². The Labute approximate surface area is 48.6 Å². The van der Waals surface area contributed by atoms with Crippen LogP contribution in [0.1, 0.15) is 0 Å². The predicted octanol–water partition coefficient (Wildman–Crippen LogP) is 1.07. The summed E-state index contributed by atoms with van der Waals surface area (Å²) in [4.78, 5) is 0.